The van der Waals surface area contributed by atoms with Gasteiger partial charge in [-0.1, -0.05) is 13.8 Å². The number of nitrogens with zero attached hydrogens (tertiary/aromatic N) is 2. The molecular formula is C17H16FIN4O. The topological polar surface area (TPSA) is 70.7 Å². The van der Waals surface area contributed by atoms with Gasteiger partial charge in [-0.05, 0) is 58.8 Å². The average Bonchev–Trinajstić information content (AvgIpc) is 2.94. The Bertz CT molecular complexity index is 893. The molecule has 0 radical (unpaired) electrons. The summed E-state index contributed by atoms with van der Waals surface area (Å²) < 4.78 is 14.8. The molecule has 1 aromatic carbocycles. The summed E-state index contributed by atoms with van der Waals surface area (Å²) in [5, 5.41) is 10.8. The molecule has 3 aromatic rings. The molecule has 24 heavy (non-hydrogen) atoms. The van der Waals surface area contributed by atoms with E-state index in [0.717, 1.165) is 14.6 Å². The van der Waals surface area contributed by atoms with Gasteiger partial charge in [-0.2, -0.15) is 5.10 Å². The maximum Gasteiger partial charge on any atom is 0.251 e. The molecule has 0 aliphatic rings. The summed E-state index contributed by atoms with van der Waals surface area (Å²) in [7, 11) is 0. The van der Waals surface area contributed by atoms with Crippen molar-refractivity contribution in [2.75, 3.05) is 0 Å². The number of hydrogen-bond donors (Lipinski definition) is 2. The van der Waals surface area contributed by atoms with Crippen LogP contribution in [0.1, 0.15) is 35.9 Å². The van der Waals surface area contributed by atoms with E-state index in [4.69, 9.17) is 0 Å². The van der Waals surface area contributed by atoms with Crippen molar-refractivity contribution in [3.63, 3.8) is 0 Å². The second-order valence-electron chi connectivity index (χ2n) is 5.84. The molecule has 0 saturated heterocycles. The van der Waals surface area contributed by atoms with Gasteiger partial charge < -0.3 is 5.32 Å². The third-order valence-electron chi connectivity index (χ3n) is 3.81. The molecule has 1 atom stereocenters. The third-order valence-corrected chi connectivity index (χ3v) is 4.64. The zero-order valence-corrected chi connectivity index (χ0v) is 15.3. The Morgan fingerprint density at radius 2 is 2.12 bits per heavy atom. The highest BCUT2D eigenvalue weighted by Gasteiger charge is 2.23. The van der Waals surface area contributed by atoms with Crippen LogP contribution in [-0.4, -0.2) is 21.1 Å². The average molecular weight is 438 g/mol. The van der Waals surface area contributed by atoms with Gasteiger partial charge in [0.25, 0.3) is 5.91 Å². The van der Waals surface area contributed by atoms with Gasteiger partial charge in [-0.3, -0.25) is 14.9 Å². The van der Waals surface area contributed by atoms with Crippen molar-refractivity contribution in [1.29, 1.82) is 0 Å². The van der Waals surface area contributed by atoms with Crippen LogP contribution < -0.4 is 5.32 Å². The Hall–Kier alpha value is -2.03. The van der Waals surface area contributed by atoms with Crippen molar-refractivity contribution in [3.05, 3.63) is 57.3 Å². The second kappa shape index (κ2) is 6.84. The van der Waals surface area contributed by atoms with Crippen LogP contribution in [0.3, 0.4) is 0 Å². The zero-order chi connectivity index (χ0) is 17.3. The largest absolute Gasteiger partial charge is 0.343 e. The Kier molecular flexibility index (Phi) is 4.79. The van der Waals surface area contributed by atoms with Crippen LogP contribution in [0, 0.1) is 15.4 Å². The smallest absolute Gasteiger partial charge is 0.251 e. The van der Waals surface area contributed by atoms with Crippen molar-refractivity contribution in [3.8, 4) is 0 Å². The molecule has 0 saturated carbocycles. The number of aromatic amines is 1. The lowest BCUT2D eigenvalue weighted by atomic mass is 9.99. The highest BCUT2D eigenvalue weighted by atomic mass is 127. The molecular weight excluding hydrogens is 422 g/mol. The van der Waals surface area contributed by atoms with Gasteiger partial charge in [-0.25, -0.2) is 4.39 Å². The number of H-pyrrole nitrogens is 1. The highest BCUT2D eigenvalue weighted by molar-refractivity contribution is 14.1. The van der Waals surface area contributed by atoms with Crippen molar-refractivity contribution >= 4 is 39.4 Å². The second-order valence-corrected chi connectivity index (χ2v) is 6.86. The van der Waals surface area contributed by atoms with Crippen LogP contribution >= 0.6 is 22.6 Å². The molecule has 0 aliphatic heterocycles. The van der Waals surface area contributed by atoms with Crippen LogP contribution in [0.15, 0.2) is 36.5 Å². The van der Waals surface area contributed by atoms with Gasteiger partial charge in [0, 0.05) is 17.1 Å². The van der Waals surface area contributed by atoms with Gasteiger partial charge in [0.05, 0.1) is 17.3 Å². The van der Waals surface area contributed by atoms with E-state index < -0.39 is 11.9 Å². The Labute approximate surface area is 152 Å². The van der Waals surface area contributed by atoms with Gasteiger partial charge in [0.2, 0.25) is 0 Å². The maximum absolute atomic E-state index is 14.0. The molecule has 0 unspecified atom stereocenters. The van der Waals surface area contributed by atoms with Crippen molar-refractivity contribution < 1.29 is 9.18 Å². The number of fused-ring (bicyclic) bond motifs is 1. The number of halogens is 2. The number of pyridine rings is 1. The van der Waals surface area contributed by atoms with E-state index >= 15 is 0 Å². The van der Waals surface area contributed by atoms with Crippen LogP contribution in [0.2, 0.25) is 0 Å². The molecule has 124 valence electrons. The van der Waals surface area contributed by atoms with Gasteiger partial charge in [-0.15, -0.1) is 0 Å². The summed E-state index contributed by atoms with van der Waals surface area (Å²) in [4.78, 5) is 16.7. The first-order chi connectivity index (χ1) is 11.5. The zero-order valence-electron chi connectivity index (χ0n) is 13.2. The fourth-order valence-corrected chi connectivity index (χ4v) is 3.09. The fraction of sp³-hybridized carbons (Fsp3) is 0.235. The van der Waals surface area contributed by atoms with Crippen molar-refractivity contribution in [2.24, 2.45) is 5.92 Å². The molecule has 2 aromatic heterocycles. The maximum atomic E-state index is 14.0. The molecule has 7 heteroatoms. The number of aromatic nitrogens is 3. The summed E-state index contributed by atoms with van der Waals surface area (Å²) >= 11 is 2.11. The summed E-state index contributed by atoms with van der Waals surface area (Å²) in [6.45, 7) is 3.84. The summed E-state index contributed by atoms with van der Waals surface area (Å²) in [5.41, 5.74) is 1.62. The quantitative estimate of drug-likeness (QED) is 0.609. The van der Waals surface area contributed by atoms with Crippen LogP contribution in [-0.2, 0) is 0 Å². The number of nitrogens with one attached hydrogen (secondary N) is 2. The molecule has 0 aliphatic carbocycles. The van der Waals surface area contributed by atoms with Gasteiger partial charge in [0.15, 0.2) is 0 Å². The number of rotatable bonds is 4. The van der Waals surface area contributed by atoms with Crippen LogP contribution in [0.5, 0.6) is 0 Å². The minimum Gasteiger partial charge on any atom is -0.343 e. The molecule has 3 rings (SSSR count). The number of carbonyl (C=O) groups is 1. The first-order valence-corrected chi connectivity index (χ1v) is 8.60. The molecule has 0 bridgehead atoms. The first-order valence-electron chi connectivity index (χ1n) is 7.52. The summed E-state index contributed by atoms with van der Waals surface area (Å²) in [6.07, 6.45) is 1.53. The van der Waals surface area contributed by atoms with E-state index in [-0.39, 0.29) is 17.5 Å². The monoisotopic (exact) mass is 438 g/mol. The number of hydrogen-bond acceptors (Lipinski definition) is 3. The third kappa shape index (κ3) is 3.26. The Morgan fingerprint density at radius 1 is 1.33 bits per heavy atom. The lowest BCUT2D eigenvalue weighted by Gasteiger charge is -2.22. The van der Waals surface area contributed by atoms with E-state index in [1.165, 1.54) is 18.3 Å². The van der Waals surface area contributed by atoms with Crippen LogP contribution in [0.4, 0.5) is 4.39 Å². The SMILES string of the molecule is CC(C)[C@H](NC(=O)c1ccc2[nH]nc(I)c2c1)c1ncccc1F. The molecule has 2 heterocycles. The molecule has 2 N–H and O–H groups in total. The van der Waals surface area contributed by atoms with E-state index in [2.05, 4.69) is 43.1 Å². The van der Waals surface area contributed by atoms with Crippen LogP contribution in [0.25, 0.3) is 10.9 Å². The van der Waals surface area contributed by atoms with E-state index in [1.54, 1.807) is 12.1 Å². The number of carbonyl (C=O) groups excluding carboxylic acids is 1. The Morgan fingerprint density at radius 3 is 2.83 bits per heavy atom. The Balaban J connectivity index is 1.90. The normalized spacial score (nSPS) is 12.5. The van der Waals surface area contributed by atoms with Crippen molar-refractivity contribution in [1.82, 2.24) is 20.5 Å². The predicted molar refractivity (Wildman–Crippen MR) is 98.1 cm³/mol. The minimum atomic E-state index is -0.502. The van der Waals surface area contributed by atoms with Crippen molar-refractivity contribution in [2.45, 2.75) is 19.9 Å². The van der Waals surface area contributed by atoms with E-state index in [9.17, 15) is 9.18 Å². The molecule has 1 amide bonds. The van der Waals surface area contributed by atoms with E-state index in [1.807, 2.05) is 19.9 Å². The lowest BCUT2D eigenvalue weighted by Crippen LogP contribution is -2.33. The highest BCUT2D eigenvalue weighted by Crippen LogP contribution is 2.24. The standard InChI is InChI=1S/C17H16FIN4O/c1-9(2)14(15-12(18)4-3-7-20-15)21-17(24)10-5-6-13-11(8-10)16(19)23-22-13/h3-9,14H,1-2H3,(H,21,24)(H,22,23)/t14-/m0/s1. The summed E-state index contributed by atoms with van der Waals surface area (Å²) in [5.74, 6) is -0.690. The van der Waals surface area contributed by atoms with E-state index in [0.29, 0.717) is 5.56 Å². The molecule has 5 nitrogen and oxygen atoms in total. The first kappa shape index (κ1) is 16.8. The predicted octanol–water partition coefficient (Wildman–Crippen LogP) is 3.83. The van der Waals surface area contributed by atoms with Gasteiger partial charge >= 0.3 is 0 Å². The molecule has 0 spiro atoms. The number of benzene rings is 1. The molecule has 0 fully saturated rings. The summed E-state index contributed by atoms with van der Waals surface area (Å²) in [6, 6.07) is 7.69. The fourth-order valence-electron chi connectivity index (χ4n) is 2.53. The van der Waals surface area contributed by atoms with Gasteiger partial charge in [0.1, 0.15) is 9.52 Å². The number of amides is 1. The lowest BCUT2D eigenvalue weighted by molar-refractivity contribution is 0.0923. The minimum absolute atomic E-state index is 0.00357.